The number of hydrogen-bond acceptors (Lipinski definition) is 4. The van der Waals surface area contributed by atoms with Crippen molar-refractivity contribution >= 4 is 0 Å². The van der Waals surface area contributed by atoms with E-state index in [0.717, 1.165) is 19.1 Å². The molecule has 3 aliphatic rings. The first-order chi connectivity index (χ1) is 11.2. The van der Waals surface area contributed by atoms with Crippen molar-refractivity contribution in [2.45, 2.75) is 65.8 Å². The summed E-state index contributed by atoms with van der Waals surface area (Å²) in [5.41, 5.74) is 0.485. The van der Waals surface area contributed by atoms with Crippen LogP contribution in [0.3, 0.4) is 0 Å². The number of nitriles is 1. The number of likely N-dealkylation sites (tertiary alicyclic amines) is 1. The highest BCUT2D eigenvalue weighted by atomic mass is 15.3. The molecule has 0 unspecified atom stereocenters. The van der Waals surface area contributed by atoms with E-state index in [0.29, 0.717) is 5.41 Å². The average molecular weight is 323 g/mol. The molecule has 2 aliphatic heterocycles. The molecule has 2 saturated heterocycles. The third-order valence-corrected chi connectivity index (χ3v) is 5.65. The lowest BCUT2D eigenvalue weighted by atomic mass is 9.71. The zero-order valence-corrected chi connectivity index (χ0v) is 16.1. The Kier molecular flexibility index (Phi) is 8.94. The first-order valence-electron chi connectivity index (χ1n) is 9.78. The molecule has 0 amide bonds. The molecule has 0 bridgehead atoms. The molecule has 2 heterocycles. The van der Waals surface area contributed by atoms with Crippen LogP contribution in [0.1, 0.15) is 59.8 Å². The number of piperazine rings is 1. The molecule has 4 nitrogen and oxygen atoms in total. The molecule has 0 aromatic rings. The van der Waals surface area contributed by atoms with Gasteiger partial charge in [0.2, 0.25) is 0 Å². The van der Waals surface area contributed by atoms with E-state index >= 15 is 0 Å². The van der Waals surface area contributed by atoms with Crippen molar-refractivity contribution in [1.29, 1.82) is 5.26 Å². The number of rotatable bonds is 1. The van der Waals surface area contributed by atoms with Gasteiger partial charge in [0.1, 0.15) is 0 Å². The van der Waals surface area contributed by atoms with Gasteiger partial charge in [-0.1, -0.05) is 27.7 Å². The molecule has 1 spiro atoms. The molecule has 3 fully saturated rings. The number of nitrogens with zero attached hydrogens (tertiary/aromatic N) is 4. The zero-order valence-electron chi connectivity index (χ0n) is 16.1. The van der Waals surface area contributed by atoms with Crippen molar-refractivity contribution in [2.75, 3.05) is 46.3 Å². The Balaban J connectivity index is 0.000000615. The summed E-state index contributed by atoms with van der Waals surface area (Å²) in [6.45, 7) is 15.0. The SMILES string of the molecule is CC.CC.CN1CCN(C2CCC3(CC2)CCN(C#N)C3)CC1. The fourth-order valence-electron chi connectivity index (χ4n) is 4.20. The zero-order chi connectivity index (χ0) is 17.3. The van der Waals surface area contributed by atoms with Crippen LogP contribution in [0.4, 0.5) is 0 Å². The van der Waals surface area contributed by atoms with Crippen LogP contribution in [0.5, 0.6) is 0 Å². The molecule has 1 aliphatic carbocycles. The Hall–Kier alpha value is -0.790. The predicted molar refractivity (Wildman–Crippen MR) is 98.3 cm³/mol. The number of likely N-dealkylation sites (N-methyl/N-ethyl adjacent to an activating group) is 1. The molecule has 0 atom stereocenters. The molecule has 0 N–H and O–H groups in total. The second kappa shape index (κ2) is 10.2. The van der Waals surface area contributed by atoms with Gasteiger partial charge >= 0.3 is 0 Å². The first-order valence-corrected chi connectivity index (χ1v) is 9.78. The van der Waals surface area contributed by atoms with E-state index in [-0.39, 0.29) is 0 Å². The van der Waals surface area contributed by atoms with Crippen molar-refractivity contribution in [1.82, 2.24) is 14.7 Å². The quantitative estimate of drug-likeness (QED) is 0.693. The van der Waals surface area contributed by atoms with Crippen molar-refractivity contribution < 1.29 is 0 Å². The third-order valence-electron chi connectivity index (χ3n) is 5.65. The summed E-state index contributed by atoms with van der Waals surface area (Å²) in [6.07, 6.45) is 8.95. The maximum atomic E-state index is 9.02. The summed E-state index contributed by atoms with van der Waals surface area (Å²) in [4.78, 5) is 7.11. The summed E-state index contributed by atoms with van der Waals surface area (Å²) >= 11 is 0. The van der Waals surface area contributed by atoms with E-state index in [1.54, 1.807) is 0 Å². The maximum absolute atomic E-state index is 9.02. The Bertz CT molecular complexity index is 347. The van der Waals surface area contributed by atoms with Gasteiger partial charge in [0.25, 0.3) is 0 Å². The normalized spacial score (nSPS) is 31.7. The van der Waals surface area contributed by atoms with Gasteiger partial charge in [-0.15, -0.1) is 0 Å². The van der Waals surface area contributed by atoms with Crippen LogP contribution >= 0.6 is 0 Å². The second-order valence-corrected chi connectivity index (χ2v) is 6.84. The Morgan fingerprint density at radius 1 is 0.870 bits per heavy atom. The lowest BCUT2D eigenvalue weighted by Crippen LogP contribution is -2.50. The fourth-order valence-corrected chi connectivity index (χ4v) is 4.20. The monoisotopic (exact) mass is 322 g/mol. The predicted octanol–water partition coefficient (Wildman–Crippen LogP) is 3.40. The summed E-state index contributed by atoms with van der Waals surface area (Å²) in [5.74, 6) is 0. The van der Waals surface area contributed by atoms with Crippen LogP contribution in [0.15, 0.2) is 0 Å². The minimum Gasteiger partial charge on any atom is -0.310 e. The van der Waals surface area contributed by atoms with E-state index in [1.165, 1.54) is 58.3 Å². The summed E-state index contributed by atoms with van der Waals surface area (Å²) in [6, 6.07) is 0.815. The van der Waals surface area contributed by atoms with Crippen molar-refractivity contribution in [3.63, 3.8) is 0 Å². The topological polar surface area (TPSA) is 33.5 Å². The summed E-state index contributed by atoms with van der Waals surface area (Å²) in [7, 11) is 2.22. The highest BCUT2D eigenvalue weighted by Crippen LogP contribution is 2.44. The average Bonchev–Trinajstić information content (AvgIpc) is 3.03. The molecule has 3 rings (SSSR count). The minimum atomic E-state index is 0.485. The lowest BCUT2D eigenvalue weighted by molar-refractivity contribution is 0.0590. The molecular weight excluding hydrogens is 284 g/mol. The van der Waals surface area contributed by atoms with Crippen molar-refractivity contribution in [3.8, 4) is 6.19 Å². The van der Waals surface area contributed by atoms with E-state index in [4.69, 9.17) is 5.26 Å². The Morgan fingerprint density at radius 2 is 1.43 bits per heavy atom. The molecular formula is C19H38N4. The Labute approximate surface area is 144 Å². The largest absolute Gasteiger partial charge is 0.310 e. The fraction of sp³-hybridized carbons (Fsp3) is 0.947. The van der Waals surface area contributed by atoms with E-state index < -0.39 is 0 Å². The van der Waals surface area contributed by atoms with Gasteiger partial charge < -0.3 is 9.80 Å². The van der Waals surface area contributed by atoms with Crippen LogP contribution in [0, 0.1) is 16.9 Å². The van der Waals surface area contributed by atoms with Crippen LogP contribution in [-0.2, 0) is 0 Å². The molecule has 23 heavy (non-hydrogen) atoms. The molecule has 4 heteroatoms. The van der Waals surface area contributed by atoms with Gasteiger partial charge in [-0.05, 0) is 44.6 Å². The van der Waals surface area contributed by atoms with Gasteiger partial charge in [0.05, 0.1) is 0 Å². The highest BCUT2D eigenvalue weighted by Gasteiger charge is 2.41. The number of hydrogen-bond donors (Lipinski definition) is 0. The first kappa shape index (κ1) is 20.3. The van der Waals surface area contributed by atoms with Crippen LogP contribution in [0.25, 0.3) is 0 Å². The van der Waals surface area contributed by atoms with E-state index in [2.05, 4.69) is 23.0 Å². The third kappa shape index (κ3) is 5.36. The van der Waals surface area contributed by atoms with Gasteiger partial charge in [-0.3, -0.25) is 4.90 Å². The van der Waals surface area contributed by atoms with Gasteiger partial charge in [-0.25, -0.2) is 0 Å². The standard InChI is InChI=1S/C15H26N4.2C2H6/c1-17-8-10-19(11-9-17)14-2-4-15(5-3-14)6-7-18(12-15)13-16;2*1-2/h14H,2-12H2,1H3;2*1-2H3. The molecule has 0 aromatic heterocycles. The van der Waals surface area contributed by atoms with Gasteiger partial charge in [-0.2, -0.15) is 5.26 Å². The van der Waals surface area contributed by atoms with E-state index in [1.807, 2.05) is 32.6 Å². The minimum absolute atomic E-state index is 0.485. The smallest absolute Gasteiger partial charge is 0.179 e. The summed E-state index contributed by atoms with van der Waals surface area (Å²) in [5, 5.41) is 9.02. The Morgan fingerprint density at radius 3 is 1.91 bits per heavy atom. The lowest BCUT2D eigenvalue weighted by Gasteiger charge is -2.44. The van der Waals surface area contributed by atoms with Gasteiger partial charge in [0, 0.05) is 45.3 Å². The molecule has 0 aromatic carbocycles. The molecule has 1 saturated carbocycles. The van der Waals surface area contributed by atoms with Crippen LogP contribution in [-0.4, -0.2) is 67.1 Å². The van der Waals surface area contributed by atoms with Crippen molar-refractivity contribution in [2.24, 2.45) is 5.41 Å². The molecule has 134 valence electrons. The summed E-state index contributed by atoms with van der Waals surface area (Å²) < 4.78 is 0. The second-order valence-electron chi connectivity index (χ2n) is 6.84. The maximum Gasteiger partial charge on any atom is 0.179 e. The van der Waals surface area contributed by atoms with Gasteiger partial charge in [0.15, 0.2) is 6.19 Å². The van der Waals surface area contributed by atoms with Crippen LogP contribution < -0.4 is 0 Å². The van der Waals surface area contributed by atoms with Crippen LogP contribution in [0.2, 0.25) is 0 Å². The van der Waals surface area contributed by atoms with Crippen molar-refractivity contribution in [3.05, 3.63) is 0 Å². The van der Waals surface area contributed by atoms with E-state index in [9.17, 15) is 0 Å². The molecule has 0 radical (unpaired) electrons. The highest BCUT2D eigenvalue weighted by molar-refractivity contribution is 4.98.